The number of benzene rings is 2. The number of hydrogen-bond acceptors (Lipinski definition) is 4. The van der Waals surface area contributed by atoms with Crippen molar-refractivity contribution in [2.75, 3.05) is 5.73 Å². The van der Waals surface area contributed by atoms with Gasteiger partial charge in [0.15, 0.2) is 0 Å². The van der Waals surface area contributed by atoms with Gasteiger partial charge in [-0.1, -0.05) is 12.1 Å². The van der Waals surface area contributed by atoms with Gasteiger partial charge in [-0.05, 0) is 63.1 Å². The maximum atomic E-state index is 13.0. The molecule has 0 aliphatic carbocycles. The van der Waals surface area contributed by atoms with Gasteiger partial charge in [0.2, 0.25) is 10.0 Å². The van der Waals surface area contributed by atoms with Gasteiger partial charge in [0.05, 0.1) is 10.9 Å². The Bertz CT molecular complexity index is 920. The molecule has 3 N–H and O–H groups in total. The fraction of sp³-hybridized carbons (Fsp3) is 0.368. The number of ether oxygens (including phenoxy) is 1. The van der Waals surface area contributed by atoms with Gasteiger partial charge in [-0.25, -0.2) is 13.1 Å². The van der Waals surface area contributed by atoms with Crippen LogP contribution in [0, 0.1) is 13.8 Å². The summed E-state index contributed by atoms with van der Waals surface area (Å²) in [7, 11) is -3.67. The smallest absolute Gasteiger partial charge is 0.241 e. The number of nitrogens with two attached hydrogens (primary N) is 1. The zero-order chi connectivity index (χ0) is 18.4. The third kappa shape index (κ3) is 3.65. The molecule has 0 saturated heterocycles. The molecule has 5 nitrogen and oxygen atoms in total. The molecule has 2 aromatic carbocycles. The Hall–Kier alpha value is -2.05. The minimum absolute atomic E-state index is 0.308. The second kappa shape index (κ2) is 6.04. The van der Waals surface area contributed by atoms with Gasteiger partial charge < -0.3 is 10.5 Å². The van der Waals surface area contributed by atoms with E-state index < -0.39 is 21.7 Å². The highest BCUT2D eigenvalue weighted by Gasteiger charge is 2.36. The van der Waals surface area contributed by atoms with E-state index in [4.69, 9.17) is 10.5 Å². The quantitative estimate of drug-likeness (QED) is 0.821. The molecule has 1 unspecified atom stereocenters. The molecule has 0 bridgehead atoms. The first-order valence-electron chi connectivity index (χ1n) is 8.25. The van der Waals surface area contributed by atoms with Crippen molar-refractivity contribution in [1.29, 1.82) is 0 Å². The van der Waals surface area contributed by atoms with Crippen molar-refractivity contribution in [3.05, 3.63) is 53.1 Å². The van der Waals surface area contributed by atoms with Crippen molar-refractivity contribution in [1.82, 2.24) is 4.72 Å². The highest BCUT2D eigenvalue weighted by Crippen LogP contribution is 2.41. The molecule has 1 aliphatic heterocycles. The minimum atomic E-state index is -3.67. The standard InChI is InChI=1S/C19H24N2O3S/c1-12-5-6-13(2)18(9-12)25(22,23)21-16-11-19(3,4)24-17-8-7-14(20)10-15(16)17/h5-10,16,21H,11,20H2,1-4H3. The average molecular weight is 360 g/mol. The molecule has 1 heterocycles. The number of anilines is 1. The van der Waals surface area contributed by atoms with E-state index in [0.29, 0.717) is 22.8 Å². The summed E-state index contributed by atoms with van der Waals surface area (Å²) in [5.74, 6) is 0.666. The molecule has 25 heavy (non-hydrogen) atoms. The molecule has 0 radical (unpaired) electrons. The average Bonchev–Trinajstić information content (AvgIpc) is 2.49. The van der Waals surface area contributed by atoms with Crippen LogP contribution >= 0.6 is 0 Å². The molecule has 2 aromatic rings. The van der Waals surface area contributed by atoms with Crippen molar-refractivity contribution in [3.8, 4) is 5.75 Å². The van der Waals surface area contributed by atoms with Crippen LogP contribution in [0.2, 0.25) is 0 Å². The molecule has 0 fully saturated rings. The number of nitrogen functional groups attached to an aromatic ring is 1. The number of sulfonamides is 1. The van der Waals surface area contributed by atoms with Gasteiger partial charge in [0, 0.05) is 17.7 Å². The molecule has 0 amide bonds. The van der Waals surface area contributed by atoms with E-state index >= 15 is 0 Å². The lowest BCUT2D eigenvalue weighted by Gasteiger charge is -2.38. The van der Waals surface area contributed by atoms with E-state index in [1.54, 1.807) is 31.2 Å². The second-order valence-electron chi connectivity index (χ2n) is 7.31. The minimum Gasteiger partial charge on any atom is -0.487 e. The monoisotopic (exact) mass is 360 g/mol. The van der Waals surface area contributed by atoms with Crippen LogP contribution in [-0.4, -0.2) is 14.0 Å². The zero-order valence-electron chi connectivity index (χ0n) is 15.0. The highest BCUT2D eigenvalue weighted by molar-refractivity contribution is 7.89. The van der Waals surface area contributed by atoms with Crippen LogP contribution in [0.3, 0.4) is 0 Å². The SMILES string of the molecule is Cc1ccc(C)c(S(=O)(=O)NC2CC(C)(C)Oc3ccc(N)cc32)c1. The molecule has 6 heteroatoms. The summed E-state index contributed by atoms with van der Waals surface area (Å²) >= 11 is 0. The molecule has 0 aromatic heterocycles. The maximum Gasteiger partial charge on any atom is 0.241 e. The van der Waals surface area contributed by atoms with Crippen LogP contribution in [-0.2, 0) is 10.0 Å². The molecule has 0 saturated carbocycles. The first-order valence-corrected chi connectivity index (χ1v) is 9.74. The van der Waals surface area contributed by atoms with Gasteiger partial charge in [-0.3, -0.25) is 0 Å². The summed E-state index contributed by atoms with van der Waals surface area (Å²) in [6, 6.07) is 10.4. The van der Waals surface area contributed by atoms with Crippen molar-refractivity contribution < 1.29 is 13.2 Å². The van der Waals surface area contributed by atoms with Gasteiger partial charge in [-0.2, -0.15) is 0 Å². The van der Waals surface area contributed by atoms with Gasteiger partial charge in [-0.15, -0.1) is 0 Å². The molecule has 0 spiro atoms. The summed E-state index contributed by atoms with van der Waals surface area (Å²) in [4.78, 5) is 0.308. The van der Waals surface area contributed by atoms with Crippen molar-refractivity contribution >= 4 is 15.7 Å². The lowest BCUT2D eigenvalue weighted by molar-refractivity contribution is 0.0702. The first-order chi connectivity index (χ1) is 11.6. The number of nitrogens with one attached hydrogen (secondary N) is 1. The third-order valence-electron chi connectivity index (χ3n) is 4.42. The van der Waals surface area contributed by atoms with Gasteiger partial charge >= 0.3 is 0 Å². The first kappa shape index (κ1) is 17.8. The second-order valence-corrected chi connectivity index (χ2v) is 8.99. The Balaban J connectivity index is 2.02. The van der Waals surface area contributed by atoms with Crippen LogP contribution in [0.25, 0.3) is 0 Å². The zero-order valence-corrected chi connectivity index (χ0v) is 15.8. The number of rotatable bonds is 3. The Morgan fingerprint density at radius 3 is 2.60 bits per heavy atom. The number of hydrogen-bond donors (Lipinski definition) is 2. The lowest BCUT2D eigenvalue weighted by Crippen LogP contribution is -2.41. The predicted octanol–water partition coefficient (Wildman–Crippen LogP) is 3.47. The van der Waals surface area contributed by atoms with Crippen molar-refractivity contribution in [2.45, 2.75) is 50.7 Å². The van der Waals surface area contributed by atoms with Gasteiger partial charge in [0.1, 0.15) is 11.4 Å². The van der Waals surface area contributed by atoms with Crippen LogP contribution in [0.15, 0.2) is 41.3 Å². The Morgan fingerprint density at radius 1 is 1.16 bits per heavy atom. The Labute approximate surface area is 149 Å². The molecule has 1 atom stereocenters. The largest absolute Gasteiger partial charge is 0.487 e. The summed E-state index contributed by atoms with van der Waals surface area (Å²) in [6.45, 7) is 7.58. The summed E-state index contributed by atoms with van der Waals surface area (Å²) in [5, 5.41) is 0. The summed E-state index contributed by atoms with van der Waals surface area (Å²) in [6.07, 6.45) is 0.521. The molecule has 3 rings (SSSR count). The normalized spacial score (nSPS) is 19.1. The molecular weight excluding hydrogens is 336 g/mol. The summed E-state index contributed by atoms with van der Waals surface area (Å²) < 4.78 is 34.8. The van der Waals surface area contributed by atoms with E-state index in [9.17, 15) is 8.42 Å². The molecule has 134 valence electrons. The van der Waals surface area contributed by atoms with Crippen LogP contribution in [0.5, 0.6) is 5.75 Å². The van der Waals surface area contributed by atoms with Gasteiger partial charge in [0.25, 0.3) is 0 Å². The van der Waals surface area contributed by atoms with E-state index in [1.165, 1.54) is 0 Å². The van der Waals surface area contributed by atoms with Crippen molar-refractivity contribution in [3.63, 3.8) is 0 Å². The Kier molecular flexibility index (Phi) is 4.29. The Morgan fingerprint density at radius 2 is 1.88 bits per heavy atom. The van der Waals surface area contributed by atoms with Crippen LogP contribution in [0.4, 0.5) is 5.69 Å². The van der Waals surface area contributed by atoms with Crippen LogP contribution in [0.1, 0.15) is 43.0 Å². The third-order valence-corrected chi connectivity index (χ3v) is 6.04. The maximum absolute atomic E-state index is 13.0. The fourth-order valence-electron chi connectivity index (χ4n) is 3.23. The number of fused-ring (bicyclic) bond motifs is 1. The van der Waals surface area contributed by atoms with E-state index in [-0.39, 0.29) is 0 Å². The topological polar surface area (TPSA) is 81.4 Å². The highest BCUT2D eigenvalue weighted by atomic mass is 32.2. The molecule has 1 aliphatic rings. The molecular formula is C19H24N2O3S. The van der Waals surface area contributed by atoms with Crippen molar-refractivity contribution in [2.24, 2.45) is 0 Å². The van der Waals surface area contributed by atoms with E-state index in [2.05, 4.69) is 4.72 Å². The predicted molar refractivity (Wildman–Crippen MR) is 99.2 cm³/mol. The number of aryl methyl sites for hydroxylation is 2. The lowest BCUT2D eigenvalue weighted by atomic mass is 9.90. The van der Waals surface area contributed by atoms with Crippen LogP contribution < -0.4 is 15.2 Å². The fourth-order valence-corrected chi connectivity index (χ4v) is 4.77. The summed E-state index contributed by atoms with van der Waals surface area (Å²) in [5.41, 5.74) is 8.40. The van der Waals surface area contributed by atoms with E-state index in [0.717, 1.165) is 16.7 Å². The van der Waals surface area contributed by atoms with E-state index in [1.807, 2.05) is 32.9 Å².